The number of nitrogen functional groups attached to an aromatic ring is 1. The molecule has 1 rings (SSSR count). The molecule has 0 atom stereocenters. The van der Waals surface area contributed by atoms with Crippen LogP contribution < -0.4 is 10.5 Å². The minimum Gasteiger partial charge on any atom is -0.468 e. The van der Waals surface area contributed by atoms with Crippen molar-refractivity contribution in [1.82, 2.24) is 4.98 Å². The maximum atomic E-state index is 8.43. The first kappa shape index (κ1) is 8.95. The number of aliphatic hydroxyl groups excluding tert-OH is 1. The molecular weight excluding hydrogens is 178 g/mol. The van der Waals surface area contributed by atoms with E-state index < -0.39 is 0 Å². The van der Waals surface area contributed by atoms with Crippen LogP contribution in [0.5, 0.6) is 5.19 Å². The normalized spacial score (nSPS) is 9.75. The van der Waals surface area contributed by atoms with Crippen molar-refractivity contribution in [2.24, 2.45) is 5.73 Å². The Kier molecular flexibility index (Phi) is 3.01. The Hall–Kier alpha value is -1.14. The number of hydrogen-bond acceptors (Lipinski definition) is 5. The van der Waals surface area contributed by atoms with E-state index in [0.717, 1.165) is 0 Å². The first-order chi connectivity index (χ1) is 5.74. The van der Waals surface area contributed by atoms with E-state index in [0.29, 0.717) is 10.9 Å². The van der Waals surface area contributed by atoms with Gasteiger partial charge >= 0.3 is 0 Å². The standard InChI is InChI=1S/C6H9N3O2S/c7-5(8)4-3-12-6(9-4)11-2-1-10/h3,10H,1-2H2,(H3,7,8). The maximum Gasteiger partial charge on any atom is 0.273 e. The van der Waals surface area contributed by atoms with Gasteiger partial charge in [-0.2, -0.15) is 4.98 Å². The molecule has 6 heteroatoms. The number of hydrogen-bond donors (Lipinski definition) is 3. The van der Waals surface area contributed by atoms with Gasteiger partial charge in [0.05, 0.1) is 6.61 Å². The van der Waals surface area contributed by atoms with Gasteiger partial charge in [0.2, 0.25) is 0 Å². The second-order valence-corrected chi connectivity index (χ2v) is 2.81. The summed E-state index contributed by atoms with van der Waals surface area (Å²) in [6.45, 7) is 0.167. The molecule has 0 spiro atoms. The summed E-state index contributed by atoms with van der Waals surface area (Å²) >= 11 is 1.25. The minimum atomic E-state index is -0.0786. The van der Waals surface area contributed by atoms with Crippen LogP contribution in [0.4, 0.5) is 0 Å². The predicted octanol–water partition coefficient (Wildman–Crippen LogP) is -0.202. The van der Waals surface area contributed by atoms with Crippen LogP contribution in [0.25, 0.3) is 0 Å². The molecule has 12 heavy (non-hydrogen) atoms. The van der Waals surface area contributed by atoms with E-state index in [1.165, 1.54) is 11.3 Å². The monoisotopic (exact) mass is 187 g/mol. The highest BCUT2D eigenvalue weighted by Crippen LogP contribution is 2.17. The van der Waals surface area contributed by atoms with E-state index in [9.17, 15) is 0 Å². The second kappa shape index (κ2) is 4.03. The van der Waals surface area contributed by atoms with Crippen LogP contribution >= 0.6 is 11.3 Å². The van der Waals surface area contributed by atoms with Gasteiger partial charge in [0.25, 0.3) is 5.19 Å². The van der Waals surface area contributed by atoms with E-state index in [2.05, 4.69) is 4.98 Å². The zero-order valence-corrected chi connectivity index (χ0v) is 7.10. The second-order valence-electron chi connectivity index (χ2n) is 1.98. The van der Waals surface area contributed by atoms with Gasteiger partial charge in [-0.25, -0.2) is 0 Å². The summed E-state index contributed by atoms with van der Waals surface area (Å²) in [5, 5.41) is 17.5. The number of thiazole rings is 1. The summed E-state index contributed by atoms with van der Waals surface area (Å²) < 4.78 is 4.99. The molecule has 0 aliphatic heterocycles. The van der Waals surface area contributed by atoms with Crippen molar-refractivity contribution in [1.29, 1.82) is 5.41 Å². The zero-order valence-electron chi connectivity index (χ0n) is 6.28. The Morgan fingerprint density at radius 2 is 2.58 bits per heavy atom. The highest BCUT2D eigenvalue weighted by atomic mass is 32.1. The van der Waals surface area contributed by atoms with Crippen LogP contribution in [0.1, 0.15) is 5.69 Å². The first-order valence-corrected chi connectivity index (χ1v) is 4.15. The molecule has 0 amide bonds. The third-order valence-corrected chi connectivity index (χ3v) is 1.83. The van der Waals surface area contributed by atoms with Gasteiger partial charge in [0, 0.05) is 5.38 Å². The number of rotatable bonds is 4. The lowest BCUT2D eigenvalue weighted by Gasteiger charge is -1.96. The minimum absolute atomic E-state index is 0.0466. The number of aliphatic hydroxyl groups is 1. The van der Waals surface area contributed by atoms with E-state index in [4.69, 9.17) is 21.0 Å². The molecule has 0 aliphatic carbocycles. The summed E-state index contributed by atoms with van der Waals surface area (Å²) in [4.78, 5) is 3.88. The summed E-state index contributed by atoms with van der Waals surface area (Å²) in [5.41, 5.74) is 5.59. The fraction of sp³-hybridized carbons (Fsp3) is 0.333. The van der Waals surface area contributed by atoms with Crippen molar-refractivity contribution < 1.29 is 9.84 Å². The van der Waals surface area contributed by atoms with Crippen molar-refractivity contribution in [2.75, 3.05) is 13.2 Å². The number of nitrogens with two attached hydrogens (primary N) is 1. The van der Waals surface area contributed by atoms with Gasteiger partial charge in [0.1, 0.15) is 18.1 Å². The predicted molar refractivity (Wildman–Crippen MR) is 45.7 cm³/mol. The molecule has 0 fully saturated rings. The summed E-state index contributed by atoms with van der Waals surface area (Å²) in [6, 6.07) is 0. The molecule has 5 nitrogen and oxygen atoms in total. The van der Waals surface area contributed by atoms with Crippen LogP contribution in [0.2, 0.25) is 0 Å². The topological polar surface area (TPSA) is 92.2 Å². The lowest BCUT2D eigenvalue weighted by Crippen LogP contribution is -2.11. The molecule has 4 N–H and O–H groups in total. The molecule has 1 aromatic rings. The van der Waals surface area contributed by atoms with Gasteiger partial charge in [-0.1, -0.05) is 11.3 Å². The summed E-state index contributed by atoms with van der Waals surface area (Å²) in [5.74, 6) is -0.0786. The molecule has 0 aliphatic rings. The lowest BCUT2D eigenvalue weighted by atomic mass is 10.5. The lowest BCUT2D eigenvalue weighted by molar-refractivity contribution is 0.201. The highest BCUT2D eigenvalue weighted by molar-refractivity contribution is 7.11. The fourth-order valence-corrected chi connectivity index (χ4v) is 1.27. The number of aromatic nitrogens is 1. The highest BCUT2D eigenvalue weighted by Gasteiger charge is 2.03. The third-order valence-electron chi connectivity index (χ3n) is 1.08. The molecule has 0 saturated heterocycles. The molecule has 66 valence electrons. The van der Waals surface area contributed by atoms with Crippen LogP contribution in [0.15, 0.2) is 5.38 Å². The van der Waals surface area contributed by atoms with Crippen LogP contribution in [-0.4, -0.2) is 29.1 Å². The molecule has 0 saturated carbocycles. The third kappa shape index (κ3) is 2.18. The first-order valence-electron chi connectivity index (χ1n) is 3.27. The number of nitrogens with zero attached hydrogens (tertiary/aromatic N) is 1. The Morgan fingerprint density at radius 3 is 3.08 bits per heavy atom. The zero-order chi connectivity index (χ0) is 8.97. The largest absolute Gasteiger partial charge is 0.468 e. The van der Waals surface area contributed by atoms with E-state index in [1.54, 1.807) is 5.38 Å². The fourth-order valence-electron chi connectivity index (χ4n) is 0.580. The van der Waals surface area contributed by atoms with E-state index in [1.807, 2.05) is 0 Å². The maximum absolute atomic E-state index is 8.43. The van der Waals surface area contributed by atoms with Crippen molar-refractivity contribution in [3.05, 3.63) is 11.1 Å². The SMILES string of the molecule is N=C(N)c1csc(OCCO)n1. The molecule has 0 unspecified atom stereocenters. The quantitative estimate of drug-likeness (QED) is 0.449. The van der Waals surface area contributed by atoms with Gasteiger partial charge in [0.15, 0.2) is 0 Å². The molecule has 0 bridgehead atoms. The Balaban J connectivity index is 2.58. The van der Waals surface area contributed by atoms with E-state index >= 15 is 0 Å². The average Bonchev–Trinajstić information content (AvgIpc) is 2.48. The van der Waals surface area contributed by atoms with Gasteiger partial charge in [-0.15, -0.1) is 0 Å². The van der Waals surface area contributed by atoms with Crippen LogP contribution in [-0.2, 0) is 0 Å². The molecular formula is C6H9N3O2S. The van der Waals surface area contributed by atoms with Crippen LogP contribution in [0.3, 0.4) is 0 Å². The Bertz CT molecular complexity index is 274. The van der Waals surface area contributed by atoms with Crippen molar-refractivity contribution in [3.8, 4) is 5.19 Å². The van der Waals surface area contributed by atoms with Crippen molar-refractivity contribution in [2.45, 2.75) is 0 Å². The summed E-state index contributed by atoms with van der Waals surface area (Å²) in [6.07, 6.45) is 0. The number of amidine groups is 1. The smallest absolute Gasteiger partial charge is 0.273 e. The van der Waals surface area contributed by atoms with Gasteiger partial charge in [-0.3, -0.25) is 5.41 Å². The van der Waals surface area contributed by atoms with Crippen LogP contribution in [0, 0.1) is 5.41 Å². The van der Waals surface area contributed by atoms with Gasteiger partial charge < -0.3 is 15.6 Å². The Labute approximate surface area is 73.3 Å². The van der Waals surface area contributed by atoms with Crippen molar-refractivity contribution in [3.63, 3.8) is 0 Å². The number of nitrogens with one attached hydrogen (secondary N) is 1. The molecule has 0 radical (unpaired) electrons. The summed E-state index contributed by atoms with van der Waals surface area (Å²) in [7, 11) is 0. The van der Waals surface area contributed by atoms with Crippen molar-refractivity contribution >= 4 is 17.2 Å². The average molecular weight is 187 g/mol. The molecule has 1 aromatic heterocycles. The molecule has 1 heterocycles. The Morgan fingerprint density at radius 1 is 1.83 bits per heavy atom. The number of ether oxygens (including phenoxy) is 1. The van der Waals surface area contributed by atoms with Gasteiger partial charge in [-0.05, 0) is 0 Å². The molecule has 0 aromatic carbocycles. The van der Waals surface area contributed by atoms with E-state index in [-0.39, 0.29) is 19.0 Å².